The molecule has 0 spiro atoms. The van der Waals surface area contributed by atoms with Crippen LogP contribution < -0.4 is 10.1 Å². The standard InChI is InChI=1S/C18H18ClNO3/c19-16-3-1-2-4-17(16)23-15-7-5-14(6-8-15)20-18(21)13-9-11-22-12-10-13/h1-8,13H,9-12H2,(H,20,21). The predicted octanol–water partition coefficient (Wildman–Crippen LogP) is 4.50. The molecule has 0 unspecified atom stereocenters. The highest BCUT2D eigenvalue weighted by Crippen LogP contribution is 2.29. The first-order valence-corrected chi connectivity index (χ1v) is 8.01. The third kappa shape index (κ3) is 4.24. The summed E-state index contributed by atoms with van der Waals surface area (Å²) in [5.41, 5.74) is 0.757. The molecular formula is C18H18ClNO3. The van der Waals surface area contributed by atoms with Gasteiger partial charge in [0.25, 0.3) is 0 Å². The molecule has 4 nitrogen and oxygen atoms in total. The summed E-state index contributed by atoms with van der Waals surface area (Å²) in [6.07, 6.45) is 1.55. The van der Waals surface area contributed by atoms with E-state index >= 15 is 0 Å². The fraction of sp³-hybridized carbons (Fsp3) is 0.278. The van der Waals surface area contributed by atoms with Gasteiger partial charge < -0.3 is 14.8 Å². The highest BCUT2D eigenvalue weighted by atomic mass is 35.5. The average molecular weight is 332 g/mol. The number of nitrogens with one attached hydrogen (secondary N) is 1. The monoisotopic (exact) mass is 331 g/mol. The normalized spacial score (nSPS) is 15.2. The topological polar surface area (TPSA) is 47.6 Å². The Hall–Kier alpha value is -2.04. The summed E-state index contributed by atoms with van der Waals surface area (Å²) in [4.78, 5) is 12.2. The molecule has 5 heteroatoms. The first kappa shape index (κ1) is 15.8. The number of hydrogen-bond acceptors (Lipinski definition) is 3. The lowest BCUT2D eigenvalue weighted by molar-refractivity contribution is -0.122. The molecule has 1 fully saturated rings. The van der Waals surface area contributed by atoms with E-state index in [1.165, 1.54) is 0 Å². The maximum absolute atomic E-state index is 12.2. The van der Waals surface area contributed by atoms with Crippen molar-refractivity contribution in [2.75, 3.05) is 18.5 Å². The summed E-state index contributed by atoms with van der Waals surface area (Å²) in [6.45, 7) is 1.31. The van der Waals surface area contributed by atoms with Gasteiger partial charge in [0.1, 0.15) is 11.5 Å². The Labute approximate surface area is 140 Å². The van der Waals surface area contributed by atoms with Gasteiger partial charge in [-0.05, 0) is 49.2 Å². The Kier molecular flexibility index (Phi) is 5.16. The molecule has 1 aliphatic heterocycles. The van der Waals surface area contributed by atoms with Crippen molar-refractivity contribution >= 4 is 23.2 Å². The van der Waals surface area contributed by atoms with Crippen LogP contribution in [0.25, 0.3) is 0 Å². The van der Waals surface area contributed by atoms with Crippen molar-refractivity contribution in [2.45, 2.75) is 12.8 Å². The molecule has 0 bridgehead atoms. The Morgan fingerprint density at radius 2 is 1.78 bits per heavy atom. The zero-order chi connectivity index (χ0) is 16.1. The van der Waals surface area contributed by atoms with E-state index in [2.05, 4.69) is 5.32 Å². The minimum Gasteiger partial charge on any atom is -0.456 e. The third-order valence-corrected chi connectivity index (χ3v) is 4.09. The molecule has 1 N–H and O–H groups in total. The number of amides is 1. The summed E-state index contributed by atoms with van der Waals surface area (Å²) in [7, 11) is 0. The SMILES string of the molecule is O=C(Nc1ccc(Oc2ccccc2Cl)cc1)C1CCOCC1. The van der Waals surface area contributed by atoms with Crippen LogP contribution in [0.5, 0.6) is 11.5 Å². The number of para-hydroxylation sites is 1. The molecule has 23 heavy (non-hydrogen) atoms. The van der Waals surface area contributed by atoms with E-state index in [-0.39, 0.29) is 11.8 Å². The number of benzene rings is 2. The molecule has 0 aromatic heterocycles. The van der Waals surface area contributed by atoms with Crippen molar-refractivity contribution in [1.82, 2.24) is 0 Å². The lowest BCUT2D eigenvalue weighted by Gasteiger charge is -2.21. The molecule has 0 aliphatic carbocycles. The van der Waals surface area contributed by atoms with Gasteiger partial charge >= 0.3 is 0 Å². The molecule has 1 amide bonds. The maximum Gasteiger partial charge on any atom is 0.227 e. The van der Waals surface area contributed by atoms with Crippen LogP contribution >= 0.6 is 11.6 Å². The summed E-state index contributed by atoms with van der Waals surface area (Å²) in [5.74, 6) is 1.35. The van der Waals surface area contributed by atoms with E-state index in [9.17, 15) is 4.79 Å². The number of rotatable bonds is 4. The van der Waals surface area contributed by atoms with Gasteiger partial charge in [0.15, 0.2) is 0 Å². The van der Waals surface area contributed by atoms with Crippen molar-refractivity contribution < 1.29 is 14.3 Å². The molecule has 2 aromatic rings. The average Bonchev–Trinajstić information content (AvgIpc) is 2.59. The number of carbonyl (C=O) groups is 1. The fourth-order valence-corrected chi connectivity index (χ4v) is 2.64. The van der Waals surface area contributed by atoms with Gasteiger partial charge in [0.05, 0.1) is 5.02 Å². The molecule has 0 saturated carbocycles. The lowest BCUT2D eigenvalue weighted by Crippen LogP contribution is -2.28. The Morgan fingerprint density at radius 1 is 1.09 bits per heavy atom. The largest absolute Gasteiger partial charge is 0.456 e. The predicted molar refractivity (Wildman–Crippen MR) is 90.1 cm³/mol. The second-order valence-corrected chi connectivity index (χ2v) is 5.84. The van der Waals surface area contributed by atoms with Crippen LogP contribution in [-0.4, -0.2) is 19.1 Å². The maximum atomic E-state index is 12.2. The van der Waals surface area contributed by atoms with Crippen molar-refractivity contribution in [3.05, 3.63) is 53.6 Å². The molecule has 1 heterocycles. The van der Waals surface area contributed by atoms with Gasteiger partial charge in [-0.1, -0.05) is 23.7 Å². The molecule has 0 atom stereocenters. The molecule has 120 valence electrons. The quantitative estimate of drug-likeness (QED) is 0.897. The summed E-state index contributed by atoms with van der Waals surface area (Å²) < 4.78 is 11.0. The zero-order valence-corrected chi connectivity index (χ0v) is 13.4. The van der Waals surface area contributed by atoms with Crippen molar-refractivity contribution in [3.63, 3.8) is 0 Å². The van der Waals surface area contributed by atoms with Crippen LogP contribution in [-0.2, 0) is 9.53 Å². The Bertz CT molecular complexity index is 666. The number of hydrogen-bond donors (Lipinski definition) is 1. The number of ether oxygens (including phenoxy) is 2. The van der Waals surface area contributed by atoms with Crippen molar-refractivity contribution in [2.24, 2.45) is 5.92 Å². The smallest absolute Gasteiger partial charge is 0.227 e. The van der Waals surface area contributed by atoms with Gasteiger partial charge in [-0.25, -0.2) is 0 Å². The van der Waals surface area contributed by atoms with E-state index in [0.717, 1.165) is 18.5 Å². The minimum absolute atomic E-state index is 0.0304. The van der Waals surface area contributed by atoms with Gasteiger partial charge in [0.2, 0.25) is 5.91 Å². The molecule has 0 radical (unpaired) electrons. The summed E-state index contributed by atoms with van der Waals surface area (Å²) in [6, 6.07) is 14.6. The molecular weight excluding hydrogens is 314 g/mol. The second-order valence-electron chi connectivity index (χ2n) is 5.43. The Balaban J connectivity index is 1.60. The van der Waals surface area contributed by atoms with Crippen LogP contribution in [0.4, 0.5) is 5.69 Å². The van der Waals surface area contributed by atoms with E-state index in [4.69, 9.17) is 21.1 Å². The molecule has 2 aromatic carbocycles. The summed E-state index contributed by atoms with van der Waals surface area (Å²) >= 11 is 6.07. The van der Waals surface area contributed by atoms with Gasteiger partial charge in [0, 0.05) is 24.8 Å². The van der Waals surface area contributed by atoms with Crippen molar-refractivity contribution in [1.29, 1.82) is 0 Å². The van der Waals surface area contributed by atoms with E-state index in [0.29, 0.717) is 29.7 Å². The van der Waals surface area contributed by atoms with Gasteiger partial charge in [-0.3, -0.25) is 4.79 Å². The highest BCUT2D eigenvalue weighted by Gasteiger charge is 2.21. The highest BCUT2D eigenvalue weighted by molar-refractivity contribution is 6.32. The Morgan fingerprint density at radius 3 is 2.48 bits per heavy atom. The third-order valence-electron chi connectivity index (χ3n) is 3.78. The van der Waals surface area contributed by atoms with Gasteiger partial charge in [-0.15, -0.1) is 0 Å². The van der Waals surface area contributed by atoms with E-state index in [1.807, 2.05) is 42.5 Å². The first-order valence-electron chi connectivity index (χ1n) is 7.63. The number of halogens is 1. The minimum atomic E-state index is 0.0304. The second kappa shape index (κ2) is 7.49. The van der Waals surface area contributed by atoms with Crippen LogP contribution in [0.15, 0.2) is 48.5 Å². The molecule has 3 rings (SSSR count). The van der Waals surface area contributed by atoms with Crippen LogP contribution in [0.2, 0.25) is 5.02 Å². The first-order chi connectivity index (χ1) is 11.2. The van der Waals surface area contributed by atoms with E-state index < -0.39 is 0 Å². The summed E-state index contributed by atoms with van der Waals surface area (Å²) in [5, 5.41) is 3.50. The number of anilines is 1. The van der Waals surface area contributed by atoms with E-state index in [1.54, 1.807) is 6.07 Å². The van der Waals surface area contributed by atoms with Crippen LogP contribution in [0.3, 0.4) is 0 Å². The molecule has 1 saturated heterocycles. The van der Waals surface area contributed by atoms with Gasteiger partial charge in [-0.2, -0.15) is 0 Å². The van der Waals surface area contributed by atoms with Crippen LogP contribution in [0, 0.1) is 5.92 Å². The van der Waals surface area contributed by atoms with Crippen LogP contribution in [0.1, 0.15) is 12.8 Å². The lowest BCUT2D eigenvalue weighted by atomic mass is 9.99. The number of carbonyl (C=O) groups excluding carboxylic acids is 1. The zero-order valence-electron chi connectivity index (χ0n) is 12.6. The van der Waals surface area contributed by atoms with Crippen molar-refractivity contribution in [3.8, 4) is 11.5 Å². The molecule has 1 aliphatic rings. The fourth-order valence-electron chi connectivity index (χ4n) is 2.46.